The largest absolute Gasteiger partial charge is 0.439 e. The zero-order valence-electron chi connectivity index (χ0n) is 16.8. The molecule has 1 unspecified atom stereocenters. The number of pyridine rings is 1. The SMILES string of the molecule is O=C1c2cc(Oc3ccc4ccccc4n3)ccc2CCC1CCc1ccccc1. The van der Waals surface area contributed by atoms with Crippen molar-refractivity contribution in [3.63, 3.8) is 0 Å². The molecule has 4 aromatic rings. The van der Waals surface area contributed by atoms with E-state index >= 15 is 0 Å². The maximum Gasteiger partial charge on any atom is 0.219 e. The fourth-order valence-corrected chi connectivity index (χ4v) is 4.23. The van der Waals surface area contributed by atoms with E-state index in [2.05, 4.69) is 29.2 Å². The Hall–Kier alpha value is -3.46. The molecule has 1 aromatic heterocycles. The van der Waals surface area contributed by atoms with Crippen LogP contribution in [0.1, 0.15) is 34.3 Å². The van der Waals surface area contributed by atoms with Gasteiger partial charge in [0, 0.05) is 22.9 Å². The summed E-state index contributed by atoms with van der Waals surface area (Å²) < 4.78 is 6.00. The smallest absolute Gasteiger partial charge is 0.219 e. The van der Waals surface area contributed by atoms with Crippen molar-refractivity contribution in [1.29, 1.82) is 0 Å². The van der Waals surface area contributed by atoms with Crippen molar-refractivity contribution < 1.29 is 9.53 Å². The number of aryl methyl sites for hydroxylation is 2. The number of nitrogens with zero attached hydrogens (tertiary/aromatic N) is 1. The minimum absolute atomic E-state index is 0.0757. The van der Waals surface area contributed by atoms with Crippen LogP contribution in [0.2, 0.25) is 0 Å². The van der Waals surface area contributed by atoms with E-state index in [-0.39, 0.29) is 11.7 Å². The molecule has 0 fully saturated rings. The molecule has 0 bridgehead atoms. The van der Waals surface area contributed by atoms with Crippen molar-refractivity contribution in [2.24, 2.45) is 5.92 Å². The zero-order valence-corrected chi connectivity index (χ0v) is 16.8. The highest BCUT2D eigenvalue weighted by atomic mass is 16.5. The maximum atomic E-state index is 13.1. The van der Waals surface area contributed by atoms with Crippen molar-refractivity contribution in [3.05, 3.63) is 102 Å². The maximum absolute atomic E-state index is 13.1. The summed E-state index contributed by atoms with van der Waals surface area (Å²) in [5.74, 6) is 1.52. The van der Waals surface area contributed by atoms with E-state index in [4.69, 9.17) is 4.74 Å². The van der Waals surface area contributed by atoms with Crippen LogP contribution in [-0.2, 0) is 12.8 Å². The molecule has 3 aromatic carbocycles. The molecule has 0 N–H and O–H groups in total. The van der Waals surface area contributed by atoms with Gasteiger partial charge in [-0.1, -0.05) is 54.6 Å². The highest BCUT2D eigenvalue weighted by Gasteiger charge is 2.27. The number of benzene rings is 3. The molecule has 3 heteroatoms. The summed E-state index contributed by atoms with van der Waals surface area (Å²) in [7, 11) is 0. The van der Waals surface area contributed by atoms with E-state index in [1.54, 1.807) is 0 Å². The summed E-state index contributed by atoms with van der Waals surface area (Å²) in [6.45, 7) is 0. The van der Waals surface area contributed by atoms with Crippen molar-refractivity contribution in [2.45, 2.75) is 25.7 Å². The average Bonchev–Trinajstić information content (AvgIpc) is 2.80. The number of rotatable bonds is 5. The molecule has 5 rings (SSSR count). The quantitative estimate of drug-likeness (QED) is 0.393. The minimum atomic E-state index is 0.0757. The number of carbonyl (C=O) groups excluding carboxylic acids is 1. The van der Waals surface area contributed by atoms with E-state index in [0.29, 0.717) is 11.6 Å². The summed E-state index contributed by atoms with van der Waals surface area (Å²) in [5, 5.41) is 1.08. The molecule has 3 nitrogen and oxygen atoms in total. The monoisotopic (exact) mass is 393 g/mol. The molecular weight excluding hydrogens is 370 g/mol. The number of aromatic nitrogens is 1. The first-order valence-corrected chi connectivity index (χ1v) is 10.5. The molecule has 1 aliphatic carbocycles. The van der Waals surface area contributed by atoms with Crippen LogP contribution in [0.4, 0.5) is 0 Å². The molecule has 1 aliphatic rings. The minimum Gasteiger partial charge on any atom is -0.439 e. The lowest BCUT2D eigenvalue weighted by Gasteiger charge is -2.24. The van der Waals surface area contributed by atoms with Crippen molar-refractivity contribution >= 4 is 16.7 Å². The second-order valence-corrected chi connectivity index (χ2v) is 7.89. The van der Waals surface area contributed by atoms with Crippen molar-refractivity contribution in [2.75, 3.05) is 0 Å². The second-order valence-electron chi connectivity index (χ2n) is 7.89. The van der Waals surface area contributed by atoms with Gasteiger partial charge in [-0.25, -0.2) is 4.98 Å². The molecule has 1 heterocycles. The molecule has 30 heavy (non-hydrogen) atoms. The fourth-order valence-electron chi connectivity index (χ4n) is 4.23. The number of Topliss-reactive ketones (excluding diaryl/α,β-unsaturated/α-hetero) is 1. The van der Waals surface area contributed by atoms with Gasteiger partial charge in [0.2, 0.25) is 5.88 Å². The van der Waals surface area contributed by atoms with Gasteiger partial charge >= 0.3 is 0 Å². The van der Waals surface area contributed by atoms with Crippen LogP contribution in [0.25, 0.3) is 10.9 Å². The number of para-hydroxylation sites is 1. The van der Waals surface area contributed by atoms with Crippen LogP contribution in [-0.4, -0.2) is 10.8 Å². The lowest BCUT2D eigenvalue weighted by atomic mass is 9.80. The van der Waals surface area contributed by atoms with Gasteiger partial charge in [-0.2, -0.15) is 0 Å². The van der Waals surface area contributed by atoms with Crippen LogP contribution in [0.3, 0.4) is 0 Å². The number of ether oxygens (including phenoxy) is 1. The van der Waals surface area contributed by atoms with Crippen molar-refractivity contribution in [1.82, 2.24) is 4.98 Å². The lowest BCUT2D eigenvalue weighted by Crippen LogP contribution is -2.23. The topological polar surface area (TPSA) is 39.2 Å². The normalized spacial score (nSPS) is 15.7. The van der Waals surface area contributed by atoms with Gasteiger partial charge in [-0.05, 0) is 61.1 Å². The predicted octanol–water partition coefficient (Wildman–Crippen LogP) is 6.41. The second kappa shape index (κ2) is 8.11. The van der Waals surface area contributed by atoms with Gasteiger partial charge in [-0.3, -0.25) is 4.79 Å². The Kier molecular flexibility index (Phi) is 5.02. The molecule has 0 radical (unpaired) electrons. The molecule has 0 saturated carbocycles. The third-order valence-corrected chi connectivity index (χ3v) is 5.90. The highest BCUT2D eigenvalue weighted by molar-refractivity contribution is 6.00. The number of carbonyl (C=O) groups is 1. The Morgan fingerprint density at radius 3 is 2.63 bits per heavy atom. The highest BCUT2D eigenvalue weighted by Crippen LogP contribution is 2.32. The van der Waals surface area contributed by atoms with E-state index in [9.17, 15) is 4.79 Å². The Morgan fingerprint density at radius 1 is 0.900 bits per heavy atom. The van der Waals surface area contributed by atoms with Gasteiger partial charge in [0.15, 0.2) is 5.78 Å². The Morgan fingerprint density at radius 2 is 1.73 bits per heavy atom. The standard InChI is InChI=1S/C27H23NO2/c29-27-22(11-10-19-6-2-1-3-7-19)13-12-20-14-16-23(18-24(20)27)30-26-17-15-21-8-4-5-9-25(21)28-26/h1-9,14-18,22H,10-13H2. The van der Waals surface area contributed by atoms with Crippen LogP contribution < -0.4 is 4.74 Å². The predicted molar refractivity (Wildman–Crippen MR) is 119 cm³/mol. The summed E-state index contributed by atoms with van der Waals surface area (Å²) in [4.78, 5) is 17.7. The number of hydrogen-bond donors (Lipinski definition) is 0. The van der Waals surface area contributed by atoms with Crippen LogP contribution in [0, 0.1) is 5.92 Å². The fraction of sp³-hybridized carbons (Fsp3) is 0.185. The third-order valence-electron chi connectivity index (χ3n) is 5.90. The van der Waals surface area contributed by atoms with E-state index in [1.807, 2.05) is 60.7 Å². The first-order valence-electron chi connectivity index (χ1n) is 10.5. The lowest BCUT2D eigenvalue weighted by molar-refractivity contribution is 0.0894. The van der Waals surface area contributed by atoms with Gasteiger partial charge in [-0.15, -0.1) is 0 Å². The molecule has 0 saturated heterocycles. The molecule has 0 spiro atoms. The van der Waals surface area contributed by atoms with Crippen molar-refractivity contribution in [3.8, 4) is 11.6 Å². The van der Waals surface area contributed by atoms with E-state index in [0.717, 1.165) is 47.7 Å². The first-order chi connectivity index (χ1) is 14.8. The molecule has 1 atom stereocenters. The van der Waals surface area contributed by atoms with Gasteiger partial charge in [0.05, 0.1) is 5.52 Å². The average molecular weight is 393 g/mol. The zero-order chi connectivity index (χ0) is 20.3. The van der Waals surface area contributed by atoms with E-state index < -0.39 is 0 Å². The molecule has 148 valence electrons. The summed E-state index contributed by atoms with van der Waals surface area (Å²) in [6, 6.07) is 28.1. The van der Waals surface area contributed by atoms with Crippen LogP contribution in [0.15, 0.2) is 84.9 Å². The molecule has 0 aliphatic heterocycles. The Balaban J connectivity index is 1.33. The number of fused-ring (bicyclic) bond motifs is 2. The van der Waals surface area contributed by atoms with Gasteiger partial charge < -0.3 is 4.74 Å². The Labute approximate surface area is 176 Å². The third kappa shape index (κ3) is 3.84. The number of ketones is 1. The first kappa shape index (κ1) is 18.6. The Bertz CT molecular complexity index is 1200. The van der Waals surface area contributed by atoms with E-state index in [1.165, 1.54) is 5.56 Å². The summed E-state index contributed by atoms with van der Waals surface area (Å²) >= 11 is 0. The summed E-state index contributed by atoms with van der Waals surface area (Å²) in [5.41, 5.74) is 4.10. The van der Waals surface area contributed by atoms with Gasteiger partial charge in [0.1, 0.15) is 5.75 Å². The number of hydrogen-bond acceptors (Lipinski definition) is 3. The molecule has 0 amide bonds. The summed E-state index contributed by atoms with van der Waals surface area (Å²) in [6.07, 6.45) is 3.68. The van der Waals surface area contributed by atoms with Gasteiger partial charge in [0.25, 0.3) is 0 Å². The molecular formula is C27H23NO2. The van der Waals surface area contributed by atoms with Crippen LogP contribution >= 0.6 is 0 Å². The van der Waals surface area contributed by atoms with Crippen LogP contribution in [0.5, 0.6) is 11.6 Å².